The van der Waals surface area contributed by atoms with Crippen LogP contribution in [0.5, 0.6) is 0 Å². The van der Waals surface area contributed by atoms with Gasteiger partial charge in [0.2, 0.25) is 12.2 Å². The summed E-state index contributed by atoms with van der Waals surface area (Å²) < 4.78 is 8.48. The average Bonchev–Trinajstić information content (AvgIpc) is 2.09. The number of hydrogen-bond acceptors (Lipinski definition) is 6. The van der Waals surface area contributed by atoms with Gasteiger partial charge in [-0.1, -0.05) is 0 Å². The zero-order valence-corrected chi connectivity index (χ0v) is 8.50. The number of carbonyl (C=O) groups excluding carboxylic acids is 2. The molecule has 0 spiro atoms. The molecule has 90 valence electrons. The van der Waals surface area contributed by atoms with Crippen LogP contribution in [-0.2, 0) is 28.7 Å². The van der Waals surface area contributed by atoms with E-state index in [0.29, 0.717) is 0 Å². The minimum absolute atomic E-state index is 0.905. The highest BCUT2D eigenvalue weighted by molar-refractivity contribution is 5.87. The van der Waals surface area contributed by atoms with E-state index in [1.165, 1.54) is 0 Å². The normalized spacial score (nSPS) is 13.4. The Morgan fingerprint density at radius 1 is 0.812 bits per heavy atom. The molecule has 0 bridgehead atoms. The van der Waals surface area contributed by atoms with Crippen LogP contribution in [0.4, 0.5) is 0 Å². The Bertz CT molecular complexity index is 288. The third kappa shape index (κ3) is 4.40. The van der Waals surface area contributed by atoms with E-state index in [9.17, 15) is 19.2 Å². The molecule has 0 radical (unpaired) electrons. The molecule has 0 amide bonds. The number of carbonyl (C=O) groups is 4. The van der Waals surface area contributed by atoms with Crippen LogP contribution in [0.1, 0.15) is 13.8 Å². The number of esters is 2. The minimum Gasteiger partial charge on any atom is -0.478 e. The van der Waals surface area contributed by atoms with Gasteiger partial charge in [0.25, 0.3) is 0 Å². The lowest BCUT2D eigenvalue weighted by atomic mass is 10.2. The Hall–Kier alpha value is -2.12. The highest BCUT2D eigenvalue weighted by atomic mass is 16.6. The summed E-state index contributed by atoms with van der Waals surface area (Å²) in [5, 5.41) is 17.2. The molecule has 0 aliphatic heterocycles. The summed E-state index contributed by atoms with van der Waals surface area (Å²) in [6, 6.07) is 0. The lowest BCUT2D eigenvalue weighted by molar-refractivity contribution is -0.185. The van der Waals surface area contributed by atoms with Gasteiger partial charge >= 0.3 is 23.9 Å². The minimum atomic E-state index is -2.07. The van der Waals surface area contributed by atoms with Gasteiger partial charge in [0.15, 0.2) is 0 Å². The standard InChI is InChI=1S/C8H10O8/c1-3(9)15-5(7(11)12)6(8(13)14)16-4(2)10/h5-6H,1-2H3,(H,11,12)(H,13,14)/t5-,6?/m1/s1. The maximum Gasteiger partial charge on any atom is 0.349 e. The second-order valence-corrected chi connectivity index (χ2v) is 2.74. The van der Waals surface area contributed by atoms with E-state index in [-0.39, 0.29) is 0 Å². The lowest BCUT2D eigenvalue weighted by Crippen LogP contribution is -2.45. The molecule has 0 saturated heterocycles. The summed E-state index contributed by atoms with van der Waals surface area (Å²) >= 11 is 0. The van der Waals surface area contributed by atoms with Crippen molar-refractivity contribution in [2.24, 2.45) is 0 Å². The molecular weight excluding hydrogens is 224 g/mol. The summed E-state index contributed by atoms with van der Waals surface area (Å²) in [6.07, 6.45) is -4.14. The van der Waals surface area contributed by atoms with Crippen LogP contribution < -0.4 is 0 Å². The number of rotatable bonds is 5. The summed E-state index contributed by atoms with van der Waals surface area (Å²) in [6.45, 7) is 1.81. The molecule has 0 saturated carbocycles. The molecule has 0 heterocycles. The largest absolute Gasteiger partial charge is 0.478 e. The highest BCUT2D eigenvalue weighted by Crippen LogP contribution is 2.07. The van der Waals surface area contributed by atoms with Gasteiger partial charge in [-0.15, -0.1) is 0 Å². The van der Waals surface area contributed by atoms with Crippen molar-refractivity contribution < 1.29 is 38.9 Å². The summed E-state index contributed by atoms with van der Waals surface area (Å²) in [5.74, 6) is -5.43. The first kappa shape index (κ1) is 13.9. The van der Waals surface area contributed by atoms with Gasteiger partial charge in [-0.05, 0) is 0 Å². The van der Waals surface area contributed by atoms with Gasteiger partial charge in [-0.2, -0.15) is 0 Å². The number of carboxylic acids is 2. The zero-order valence-electron chi connectivity index (χ0n) is 8.50. The fourth-order valence-corrected chi connectivity index (χ4v) is 0.841. The average molecular weight is 234 g/mol. The maximum atomic E-state index is 10.6. The molecule has 8 nitrogen and oxygen atoms in total. The molecule has 0 aliphatic carbocycles. The SMILES string of the molecule is CC(=O)OC(C(=O)O)[C@@H](OC(C)=O)C(=O)O. The van der Waals surface area contributed by atoms with Crippen LogP contribution in [0, 0.1) is 0 Å². The Morgan fingerprint density at radius 3 is 1.19 bits per heavy atom. The van der Waals surface area contributed by atoms with Crippen molar-refractivity contribution >= 4 is 23.9 Å². The Kier molecular flexibility index (Phi) is 4.93. The molecule has 0 aromatic carbocycles. The smallest absolute Gasteiger partial charge is 0.349 e. The van der Waals surface area contributed by atoms with Crippen LogP contribution in [0.2, 0.25) is 0 Å². The molecule has 0 aromatic heterocycles. The van der Waals surface area contributed by atoms with E-state index in [0.717, 1.165) is 13.8 Å². The van der Waals surface area contributed by atoms with Crippen molar-refractivity contribution in [1.82, 2.24) is 0 Å². The molecule has 0 aliphatic rings. The molecule has 2 N–H and O–H groups in total. The van der Waals surface area contributed by atoms with Gasteiger partial charge in [-0.25, -0.2) is 9.59 Å². The van der Waals surface area contributed by atoms with Crippen molar-refractivity contribution in [3.63, 3.8) is 0 Å². The van der Waals surface area contributed by atoms with E-state index >= 15 is 0 Å². The monoisotopic (exact) mass is 234 g/mol. The van der Waals surface area contributed by atoms with Crippen LogP contribution in [0.3, 0.4) is 0 Å². The summed E-state index contributed by atoms with van der Waals surface area (Å²) in [4.78, 5) is 42.4. The van der Waals surface area contributed by atoms with Crippen molar-refractivity contribution in [1.29, 1.82) is 0 Å². The van der Waals surface area contributed by atoms with Crippen molar-refractivity contribution in [2.75, 3.05) is 0 Å². The Labute approximate surface area is 89.8 Å². The molecule has 0 rings (SSSR count). The first-order valence-corrected chi connectivity index (χ1v) is 4.05. The van der Waals surface area contributed by atoms with E-state index in [2.05, 4.69) is 9.47 Å². The quantitative estimate of drug-likeness (QED) is 0.581. The van der Waals surface area contributed by atoms with Crippen LogP contribution in [-0.4, -0.2) is 46.3 Å². The number of aliphatic carboxylic acids is 2. The molecule has 16 heavy (non-hydrogen) atoms. The third-order valence-electron chi connectivity index (χ3n) is 1.35. The Balaban J connectivity index is 4.93. The maximum absolute atomic E-state index is 10.6. The number of carboxylic acid groups (broad SMARTS) is 2. The fraction of sp³-hybridized carbons (Fsp3) is 0.500. The highest BCUT2D eigenvalue weighted by Gasteiger charge is 2.39. The topological polar surface area (TPSA) is 127 Å². The molecule has 1 unspecified atom stereocenters. The van der Waals surface area contributed by atoms with Crippen LogP contribution in [0.25, 0.3) is 0 Å². The van der Waals surface area contributed by atoms with Crippen molar-refractivity contribution in [3.05, 3.63) is 0 Å². The second-order valence-electron chi connectivity index (χ2n) is 2.74. The third-order valence-corrected chi connectivity index (χ3v) is 1.35. The van der Waals surface area contributed by atoms with E-state index in [1.807, 2.05) is 0 Å². The van der Waals surface area contributed by atoms with Crippen molar-refractivity contribution in [2.45, 2.75) is 26.1 Å². The number of ether oxygens (including phenoxy) is 2. The first-order chi connectivity index (χ1) is 7.25. The first-order valence-electron chi connectivity index (χ1n) is 4.05. The molecule has 2 atom stereocenters. The van der Waals surface area contributed by atoms with Gasteiger partial charge in [-0.3, -0.25) is 9.59 Å². The predicted octanol–water partition coefficient (Wildman–Crippen LogP) is -0.981. The lowest BCUT2D eigenvalue weighted by Gasteiger charge is -2.19. The zero-order chi connectivity index (χ0) is 12.9. The molecule has 0 aromatic rings. The van der Waals surface area contributed by atoms with E-state index in [1.54, 1.807) is 0 Å². The molecule has 8 heteroatoms. The van der Waals surface area contributed by atoms with Crippen LogP contribution in [0.15, 0.2) is 0 Å². The Morgan fingerprint density at radius 2 is 1.06 bits per heavy atom. The van der Waals surface area contributed by atoms with Crippen LogP contribution >= 0.6 is 0 Å². The van der Waals surface area contributed by atoms with E-state index < -0.39 is 36.1 Å². The van der Waals surface area contributed by atoms with E-state index in [4.69, 9.17) is 10.2 Å². The second kappa shape index (κ2) is 5.69. The molecule has 0 fully saturated rings. The number of hydrogen-bond donors (Lipinski definition) is 2. The fourth-order valence-electron chi connectivity index (χ4n) is 0.841. The summed E-state index contributed by atoms with van der Waals surface area (Å²) in [7, 11) is 0. The summed E-state index contributed by atoms with van der Waals surface area (Å²) in [5.41, 5.74) is 0. The van der Waals surface area contributed by atoms with Gasteiger partial charge < -0.3 is 19.7 Å². The van der Waals surface area contributed by atoms with Gasteiger partial charge in [0.05, 0.1) is 0 Å². The van der Waals surface area contributed by atoms with Crippen molar-refractivity contribution in [3.8, 4) is 0 Å². The van der Waals surface area contributed by atoms with Gasteiger partial charge in [0, 0.05) is 13.8 Å². The van der Waals surface area contributed by atoms with Gasteiger partial charge in [0.1, 0.15) is 0 Å². The predicted molar refractivity (Wildman–Crippen MR) is 46.4 cm³/mol. The molecular formula is C8H10O8.